The lowest BCUT2D eigenvalue weighted by molar-refractivity contribution is 0.0695. The quantitative estimate of drug-likeness (QED) is 0.765. The van der Waals surface area contributed by atoms with E-state index in [1.165, 1.54) is 6.07 Å². The molecule has 0 atom stereocenters. The third-order valence-electron chi connectivity index (χ3n) is 2.17. The molecule has 1 heterocycles. The van der Waals surface area contributed by atoms with E-state index in [0.29, 0.717) is 11.5 Å². The Bertz CT molecular complexity index is 477. The van der Waals surface area contributed by atoms with Crippen LogP contribution < -0.4 is 0 Å². The molecule has 1 rings (SSSR count). The predicted octanol–water partition coefficient (Wildman–Crippen LogP) is 1.14. The highest BCUT2D eigenvalue weighted by molar-refractivity contribution is 5.88. The fraction of sp³-hybridized carbons (Fsp3) is 0.364. The van der Waals surface area contributed by atoms with Gasteiger partial charge in [-0.05, 0) is 13.0 Å². The van der Waals surface area contributed by atoms with Gasteiger partial charge in [0.05, 0.1) is 31.8 Å². The number of aromatic carboxylic acids is 1. The highest BCUT2D eigenvalue weighted by Gasteiger charge is 2.15. The Morgan fingerprint density at radius 1 is 1.47 bits per heavy atom. The van der Waals surface area contributed by atoms with Gasteiger partial charge in [0.1, 0.15) is 17.1 Å². The van der Waals surface area contributed by atoms with E-state index in [2.05, 4.69) is 0 Å². The smallest absolute Gasteiger partial charge is 0.339 e. The van der Waals surface area contributed by atoms with E-state index in [1.807, 2.05) is 12.1 Å². The van der Waals surface area contributed by atoms with Crippen molar-refractivity contribution in [3.63, 3.8) is 0 Å². The molecule has 0 aliphatic carbocycles. The zero-order valence-corrected chi connectivity index (χ0v) is 9.30. The van der Waals surface area contributed by atoms with E-state index >= 15 is 0 Å². The second-order valence-electron chi connectivity index (χ2n) is 3.45. The number of carboxylic acid groups (broad SMARTS) is 1. The molecule has 88 valence electrons. The molecule has 0 fully saturated rings. The van der Waals surface area contributed by atoms with E-state index in [4.69, 9.17) is 20.0 Å². The topological polar surface area (TPSA) is 101 Å². The van der Waals surface area contributed by atoms with Crippen molar-refractivity contribution in [2.75, 3.05) is 13.1 Å². The summed E-state index contributed by atoms with van der Waals surface area (Å²) in [6, 6.07) is 5.28. The number of aryl methyl sites for hydroxylation is 1. The van der Waals surface area contributed by atoms with Crippen molar-refractivity contribution in [1.82, 2.24) is 4.90 Å². The van der Waals surface area contributed by atoms with Gasteiger partial charge in [0.2, 0.25) is 0 Å². The zero-order valence-electron chi connectivity index (χ0n) is 9.30. The molecule has 0 saturated heterocycles. The lowest BCUT2D eigenvalue weighted by atomic mass is 10.2. The second kappa shape index (κ2) is 5.69. The van der Waals surface area contributed by atoms with Crippen LogP contribution in [0.1, 0.15) is 21.9 Å². The molecule has 1 N–H and O–H groups in total. The first kappa shape index (κ1) is 12.8. The first-order chi connectivity index (χ1) is 8.08. The standard InChI is InChI=1S/C11H11N3O3/c1-8-10(11(15)16)6-9(17-8)7-14(4-2-12)5-3-13/h6H,4-5,7H2,1H3,(H,15,16). The summed E-state index contributed by atoms with van der Waals surface area (Å²) in [6.45, 7) is 1.99. The Balaban J connectivity index is 2.80. The molecule has 0 aliphatic heterocycles. The minimum atomic E-state index is -1.05. The van der Waals surface area contributed by atoms with Gasteiger partial charge in [-0.3, -0.25) is 4.90 Å². The molecule has 0 aliphatic rings. The number of rotatable bonds is 5. The third-order valence-corrected chi connectivity index (χ3v) is 2.17. The van der Waals surface area contributed by atoms with Crippen molar-refractivity contribution in [2.45, 2.75) is 13.5 Å². The van der Waals surface area contributed by atoms with Crippen LogP contribution in [-0.2, 0) is 6.54 Å². The summed E-state index contributed by atoms with van der Waals surface area (Å²) in [6.07, 6.45) is 0. The summed E-state index contributed by atoms with van der Waals surface area (Å²) in [5, 5.41) is 26.0. The van der Waals surface area contributed by atoms with Gasteiger partial charge in [-0.15, -0.1) is 0 Å². The maximum absolute atomic E-state index is 10.8. The molecule has 0 bridgehead atoms. The molecule has 1 aromatic rings. The van der Waals surface area contributed by atoms with Crippen LogP contribution >= 0.6 is 0 Å². The molecule has 17 heavy (non-hydrogen) atoms. The maximum Gasteiger partial charge on any atom is 0.339 e. The predicted molar refractivity (Wildman–Crippen MR) is 56.9 cm³/mol. The van der Waals surface area contributed by atoms with Crippen molar-refractivity contribution in [3.05, 3.63) is 23.2 Å². The Hall–Kier alpha value is -2.31. The Morgan fingerprint density at radius 2 is 2.06 bits per heavy atom. The Morgan fingerprint density at radius 3 is 2.47 bits per heavy atom. The number of carboxylic acids is 1. The molecular formula is C11H11N3O3. The number of carbonyl (C=O) groups is 1. The molecule has 6 heteroatoms. The van der Waals surface area contributed by atoms with Crippen LogP contribution in [0.5, 0.6) is 0 Å². The number of furan rings is 1. The second-order valence-corrected chi connectivity index (χ2v) is 3.45. The lowest BCUT2D eigenvalue weighted by Gasteiger charge is -2.12. The van der Waals surface area contributed by atoms with E-state index in [9.17, 15) is 4.79 Å². The lowest BCUT2D eigenvalue weighted by Crippen LogP contribution is -2.23. The summed E-state index contributed by atoms with van der Waals surface area (Å²) in [4.78, 5) is 12.4. The largest absolute Gasteiger partial charge is 0.478 e. The van der Waals surface area contributed by atoms with Gasteiger partial charge in [-0.1, -0.05) is 0 Å². The summed E-state index contributed by atoms with van der Waals surface area (Å²) in [5.74, 6) is -0.295. The fourth-order valence-corrected chi connectivity index (χ4v) is 1.42. The maximum atomic E-state index is 10.8. The Kier molecular flexibility index (Phi) is 4.27. The van der Waals surface area contributed by atoms with Gasteiger partial charge < -0.3 is 9.52 Å². The third kappa shape index (κ3) is 3.33. The average molecular weight is 233 g/mol. The minimum Gasteiger partial charge on any atom is -0.478 e. The Labute approximate surface area is 98.3 Å². The molecule has 0 amide bonds. The van der Waals surface area contributed by atoms with Crippen molar-refractivity contribution < 1.29 is 14.3 Å². The van der Waals surface area contributed by atoms with E-state index in [-0.39, 0.29) is 25.2 Å². The van der Waals surface area contributed by atoms with Crippen LogP contribution in [0.4, 0.5) is 0 Å². The minimum absolute atomic E-state index is 0.0930. The number of hydrogen-bond donors (Lipinski definition) is 1. The summed E-state index contributed by atoms with van der Waals surface area (Å²) >= 11 is 0. The average Bonchev–Trinajstić information content (AvgIpc) is 2.60. The number of nitriles is 2. The SMILES string of the molecule is Cc1oc(CN(CC#N)CC#N)cc1C(=O)O. The molecule has 6 nitrogen and oxygen atoms in total. The highest BCUT2D eigenvalue weighted by Crippen LogP contribution is 2.16. The summed E-state index contributed by atoms with van der Waals surface area (Å²) < 4.78 is 5.26. The van der Waals surface area contributed by atoms with E-state index in [1.54, 1.807) is 11.8 Å². The number of nitrogens with zero attached hydrogens (tertiary/aromatic N) is 3. The first-order valence-electron chi connectivity index (χ1n) is 4.87. The van der Waals surface area contributed by atoms with Crippen molar-refractivity contribution in [1.29, 1.82) is 10.5 Å². The monoisotopic (exact) mass is 233 g/mol. The molecule has 0 saturated carbocycles. The van der Waals surface area contributed by atoms with Gasteiger partial charge >= 0.3 is 5.97 Å². The van der Waals surface area contributed by atoms with Crippen LogP contribution in [0.25, 0.3) is 0 Å². The number of hydrogen-bond acceptors (Lipinski definition) is 5. The molecule has 0 aromatic carbocycles. The van der Waals surface area contributed by atoms with Crippen LogP contribution in [0.15, 0.2) is 10.5 Å². The van der Waals surface area contributed by atoms with Crippen molar-refractivity contribution in [3.8, 4) is 12.1 Å². The molecule has 0 spiro atoms. The van der Waals surface area contributed by atoms with Gasteiger partial charge in [-0.2, -0.15) is 10.5 Å². The molecule has 1 aromatic heterocycles. The fourth-order valence-electron chi connectivity index (χ4n) is 1.42. The highest BCUT2D eigenvalue weighted by atomic mass is 16.4. The van der Waals surface area contributed by atoms with E-state index < -0.39 is 5.97 Å². The summed E-state index contributed by atoms with van der Waals surface area (Å²) in [5.41, 5.74) is 0.105. The van der Waals surface area contributed by atoms with E-state index in [0.717, 1.165) is 0 Å². The van der Waals surface area contributed by atoms with Crippen LogP contribution in [0.2, 0.25) is 0 Å². The molecular weight excluding hydrogens is 222 g/mol. The van der Waals surface area contributed by atoms with Crippen molar-refractivity contribution >= 4 is 5.97 Å². The van der Waals surface area contributed by atoms with Gasteiger partial charge in [0.25, 0.3) is 0 Å². The van der Waals surface area contributed by atoms with Gasteiger partial charge in [0.15, 0.2) is 0 Å². The normalized spacial score (nSPS) is 9.88. The molecule has 0 unspecified atom stereocenters. The van der Waals surface area contributed by atoms with Crippen LogP contribution in [-0.4, -0.2) is 29.1 Å². The molecule has 0 radical (unpaired) electrons. The van der Waals surface area contributed by atoms with Crippen LogP contribution in [0.3, 0.4) is 0 Å². The summed E-state index contributed by atoms with van der Waals surface area (Å²) in [7, 11) is 0. The van der Waals surface area contributed by atoms with Crippen LogP contribution in [0, 0.1) is 29.6 Å². The van der Waals surface area contributed by atoms with Gasteiger partial charge in [0, 0.05) is 0 Å². The zero-order chi connectivity index (χ0) is 12.8. The van der Waals surface area contributed by atoms with Crippen molar-refractivity contribution in [2.24, 2.45) is 0 Å². The first-order valence-corrected chi connectivity index (χ1v) is 4.87. The van der Waals surface area contributed by atoms with Gasteiger partial charge in [-0.25, -0.2) is 4.79 Å².